The van der Waals surface area contributed by atoms with Crippen molar-refractivity contribution in [1.29, 1.82) is 0 Å². The summed E-state index contributed by atoms with van der Waals surface area (Å²) in [6.07, 6.45) is 1.09. The molecule has 0 spiro atoms. The van der Waals surface area contributed by atoms with E-state index in [9.17, 15) is 9.18 Å². The van der Waals surface area contributed by atoms with Gasteiger partial charge in [0.2, 0.25) is 0 Å². The number of amides is 1. The lowest BCUT2D eigenvalue weighted by molar-refractivity contribution is 0.0956. The van der Waals surface area contributed by atoms with Gasteiger partial charge in [-0.1, -0.05) is 48.5 Å². The van der Waals surface area contributed by atoms with E-state index in [0.29, 0.717) is 23.4 Å². The van der Waals surface area contributed by atoms with Crippen LogP contribution in [0.15, 0.2) is 72.8 Å². The van der Waals surface area contributed by atoms with E-state index in [1.165, 1.54) is 22.9 Å². The first-order valence-electron chi connectivity index (χ1n) is 10.2. The summed E-state index contributed by atoms with van der Waals surface area (Å²) in [4.78, 5) is 14.7. The zero-order valence-corrected chi connectivity index (χ0v) is 17.6. The average Bonchev–Trinajstić information content (AvgIpc) is 3.18. The van der Waals surface area contributed by atoms with Gasteiger partial charge in [-0.15, -0.1) is 0 Å². The SMILES string of the molecule is O=C(NCCSCc1ccccc1F)c1ccc(CN2CCc3ccccc32)cc1. The molecule has 0 aromatic heterocycles. The third kappa shape index (κ3) is 5.03. The largest absolute Gasteiger partial charge is 0.367 e. The molecule has 1 amide bonds. The molecule has 1 heterocycles. The van der Waals surface area contributed by atoms with Crippen molar-refractivity contribution in [3.05, 3.63) is 101 Å². The molecule has 3 aromatic carbocycles. The lowest BCUT2D eigenvalue weighted by Crippen LogP contribution is -2.26. The molecule has 3 nitrogen and oxygen atoms in total. The number of fused-ring (bicyclic) bond motifs is 1. The fourth-order valence-electron chi connectivity index (χ4n) is 3.69. The Bertz CT molecular complexity index is 1010. The number of rotatable bonds is 8. The first kappa shape index (κ1) is 20.5. The van der Waals surface area contributed by atoms with Crippen molar-refractivity contribution in [3.8, 4) is 0 Å². The van der Waals surface area contributed by atoms with E-state index in [0.717, 1.165) is 25.3 Å². The Morgan fingerprint density at radius 2 is 1.77 bits per heavy atom. The first-order valence-corrected chi connectivity index (χ1v) is 11.4. The van der Waals surface area contributed by atoms with Gasteiger partial charge >= 0.3 is 0 Å². The van der Waals surface area contributed by atoms with Crippen molar-refractivity contribution in [1.82, 2.24) is 5.32 Å². The Balaban J connectivity index is 1.22. The van der Waals surface area contributed by atoms with E-state index < -0.39 is 0 Å². The highest BCUT2D eigenvalue weighted by molar-refractivity contribution is 7.98. The van der Waals surface area contributed by atoms with Crippen LogP contribution in [-0.2, 0) is 18.7 Å². The molecule has 0 fully saturated rings. The van der Waals surface area contributed by atoms with Gasteiger partial charge in [0.15, 0.2) is 0 Å². The summed E-state index contributed by atoms with van der Waals surface area (Å²) in [6, 6.07) is 23.2. The number of carbonyl (C=O) groups is 1. The number of benzene rings is 3. The topological polar surface area (TPSA) is 32.3 Å². The number of thioether (sulfide) groups is 1. The lowest BCUT2D eigenvalue weighted by atomic mass is 10.1. The number of nitrogens with one attached hydrogen (secondary N) is 1. The molecule has 1 N–H and O–H groups in total. The number of para-hydroxylation sites is 1. The van der Waals surface area contributed by atoms with Crippen molar-refractivity contribution in [2.75, 3.05) is 23.7 Å². The van der Waals surface area contributed by atoms with Gasteiger partial charge in [0.25, 0.3) is 5.91 Å². The summed E-state index contributed by atoms with van der Waals surface area (Å²) in [5.41, 5.74) is 5.28. The van der Waals surface area contributed by atoms with E-state index in [-0.39, 0.29) is 11.7 Å². The van der Waals surface area contributed by atoms with Crippen molar-refractivity contribution in [3.63, 3.8) is 0 Å². The third-order valence-corrected chi connectivity index (χ3v) is 6.33. The average molecular weight is 421 g/mol. The van der Waals surface area contributed by atoms with E-state index in [1.54, 1.807) is 23.9 Å². The summed E-state index contributed by atoms with van der Waals surface area (Å²) < 4.78 is 13.6. The number of halogens is 1. The minimum Gasteiger partial charge on any atom is -0.367 e. The van der Waals surface area contributed by atoms with Gasteiger partial charge in [-0.3, -0.25) is 4.79 Å². The van der Waals surface area contributed by atoms with Gasteiger partial charge in [0.05, 0.1) is 0 Å². The molecule has 0 radical (unpaired) electrons. The second-order valence-electron chi connectivity index (χ2n) is 7.40. The third-order valence-electron chi connectivity index (χ3n) is 5.32. The van der Waals surface area contributed by atoms with Crippen molar-refractivity contribution in [2.24, 2.45) is 0 Å². The Hall–Kier alpha value is -2.79. The molecule has 0 atom stereocenters. The normalized spacial score (nSPS) is 12.6. The van der Waals surface area contributed by atoms with Crippen molar-refractivity contribution < 1.29 is 9.18 Å². The first-order chi connectivity index (χ1) is 14.7. The van der Waals surface area contributed by atoms with Gasteiger partial charge in [0, 0.05) is 42.4 Å². The summed E-state index contributed by atoms with van der Waals surface area (Å²) >= 11 is 1.61. The van der Waals surface area contributed by atoms with E-state index >= 15 is 0 Å². The van der Waals surface area contributed by atoms with Crippen LogP contribution in [0, 0.1) is 5.82 Å². The molecule has 0 bridgehead atoms. The van der Waals surface area contributed by atoms with Crippen LogP contribution in [0.25, 0.3) is 0 Å². The molecule has 1 aliphatic heterocycles. The van der Waals surface area contributed by atoms with Crippen LogP contribution < -0.4 is 10.2 Å². The summed E-state index contributed by atoms with van der Waals surface area (Å²) in [5, 5.41) is 2.94. The second-order valence-corrected chi connectivity index (χ2v) is 8.50. The minimum absolute atomic E-state index is 0.0699. The predicted molar refractivity (Wildman–Crippen MR) is 123 cm³/mol. The van der Waals surface area contributed by atoms with E-state index in [2.05, 4.69) is 34.5 Å². The van der Waals surface area contributed by atoms with Crippen LogP contribution in [0.4, 0.5) is 10.1 Å². The van der Waals surface area contributed by atoms with Crippen LogP contribution in [0.1, 0.15) is 27.0 Å². The molecule has 0 aliphatic carbocycles. The molecule has 30 heavy (non-hydrogen) atoms. The van der Waals surface area contributed by atoms with Gasteiger partial charge in [0.1, 0.15) is 5.82 Å². The summed E-state index contributed by atoms with van der Waals surface area (Å²) in [7, 11) is 0. The Morgan fingerprint density at radius 1 is 1.00 bits per heavy atom. The maximum Gasteiger partial charge on any atom is 0.251 e. The summed E-state index contributed by atoms with van der Waals surface area (Å²) in [6.45, 7) is 2.45. The van der Waals surface area contributed by atoms with E-state index in [4.69, 9.17) is 0 Å². The molecular weight excluding hydrogens is 395 g/mol. The number of nitrogens with zero attached hydrogens (tertiary/aromatic N) is 1. The van der Waals surface area contributed by atoms with Gasteiger partial charge in [-0.2, -0.15) is 11.8 Å². The van der Waals surface area contributed by atoms with Gasteiger partial charge < -0.3 is 10.2 Å². The van der Waals surface area contributed by atoms with Gasteiger partial charge in [-0.25, -0.2) is 4.39 Å². The molecule has 0 unspecified atom stereocenters. The highest BCUT2D eigenvalue weighted by Gasteiger charge is 2.18. The number of carbonyl (C=O) groups excluding carboxylic acids is 1. The molecule has 1 aliphatic rings. The molecule has 4 rings (SSSR count). The number of anilines is 1. The van der Waals surface area contributed by atoms with Crippen LogP contribution in [0.2, 0.25) is 0 Å². The molecule has 154 valence electrons. The predicted octanol–water partition coefficient (Wildman–Crippen LogP) is 5.05. The zero-order chi connectivity index (χ0) is 20.8. The molecule has 0 saturated heterocycles. The number of hydrogen-bond acceptors (Lipinski definition) is 3. The van der Waals surface area contributed by atoms with Crippen LogP contribution in [-0.4, -0.2) is 24.7 Å². The van der Waals surface area contributed by atoms with Crippen LogP contribution in [0.5, 0.6) is 0 Å². The van der Waals surface area contributed by atoms with E-state index in [1.807, 2.05) is 30.3 Å². The number of hydrogen-bond donors (Lipinski definition) is 1. The monoisotopic (exact) mass is 420 g/mol. The Morgan fingerprint density at radius 3 is 2.60 bits per heavy atom. The van der Waals surface area contributed by atoms with Crippen molar-refractivity contribution in [2.45, 2.75) is 18.7 Å². The standard InChI is InChI=1S/C25H25FN2OS/c26-23-7-3-1-6-22(23)18-30-16-14-27-25(29)21-11-9-19(10-12-21)17-28-15-13-20-5-2-4-8-24(20)28/h1-12H,13-18H2,(H,27,29). The summed E-state index contributed by atoms with van der Waals surface area (Å²) in [5.74, 6) is 1.11. The zero-order valence-electron chi connectivity index (χ0n) is 16.8. The minimum atomic E-state index is -0.174. The maximum absolute atomic E-state index is 13.6. The highest BCUT2D eigenvalue weighted by Crippen LogP contribution is 2.28. The Kier molecular flexibility index (Phi) is 6.70. The lowest BCUT2D eigenvalue weighted by Gasteiger charge is -2.19. The fraction of sp³-hybridized carbons (Fsp3) is 0.240. The smallest absolute Gasteiger partial charge is 0.251 e. The highest BCUT2D eigenvalue weighted by atomic mass is 32.2. The molecule has 0 saturated carbocycles. The molecule has 5 heteroatoms. The quantitative estimate of drug-likeness (QED) is 0.518. The van der Waals surface area contributed by atoms with Gasteiger partial charge in [-0.05, 0) is 47.4 Å². The molecular formula is C25H25FN2OS. The second kappa shape index (κ2) is 9.81. The van der Waals surface area contributed by atoms with Crippen LogP contribution in [0.3, 0.4) is 0 Å². The van der Waals surface area contributed by atoms with Crippen molar-refractivity contribution >= 4 is 23.4 Å². The Labute approximate surface area is 181 Å². The van der Waals surface area contributed by atoms with Crippen LogP contribution >= 0.6 is 11.8 Å². The fourth-order valence-corrected chi connectivity index (χ4v) is 4.53. The maximum atomic E-state index is 13.6. The molecule has 3 aromatic rings.